The monoisotopic (exact) mass is 477 g/mol. The van der Waals surface area contributed by atoms with E-state index in [1.807, 2.05) is 18.2 Å². The van der Waals surface area contributed by atoms with Crippen LogP contribution in [0.3, 0.4) is 0 Å². The van der Waals surface area contributed by atoms with Crippen molar-refractivity contribution in [2.75, 3.05) is 18.9 Å². The lowest BCUT2D eigenvalue weighted by Crippen LogP contribution is -2.70. The van der Waals surface area contributed by atoms with E-state index >= 15 is 0 Å². The largest absolute Gasteiger partial charge is 0.352 e. The second-order valence-corrected chi connectivity index (χ2v) is 11.1. The van der Waals surface area contributed by atoms with Gasteiger partial charge in [0.15, 0.2) is 5.78 Å². The van der Waals surface area contributed by atoms with E-state index in [1.165, 1.54) is 22.0 Å². The molecule has 5 nitrogen and oxygen atoms in total. The number of hydrogen-bond acceptors (Lipinski definition) is 3. The summed E-state index contributed by atoms with van der Waals surface area (Å²) < 4.78 is 27.7. The van der Waals surface area contributed by atoms with Crippen molar-refractivity contribution in [3.8, 4) is 0 Å². The average molecular weight is 478 g/mol. The van der Waals surface area contributed by atoms with Gasteiger partial charge in [-0.2, -0.15) is 0 Å². The Hall–Kier alpha value is -1.54. The first-order valence-corrected chi connectivity index (χ1v) is 12.4. The first-order chi connectivity index (χ1) is 13.7. The van der Waals surface area contributed by atoms with Crippen LogP contribution in [0, 0.1) is 5.41 Å². The smallest absolute Gasteiger partial charge is 0.242 e. The summed E-state index contributed by atoms with van der Waals surface area (Å²) in [5.41, 5.74) is 6.21. The van der Waals surface area contributed by atoms with Gasteiger partial charge in [-0.05, 0) is 30.5 Å². The van der Waals surface area contributed by atoms with Crippen molar-refractivity contribution < 1.29 is 18.9 Å². The summed E-state index contributed by atoms with van der Waals surface area (Å²) in [7, 11) is -1.96. The number of rotatable bonds is 8. The van der Waals surface area contributed by atoms with Gasteiger partial charge in [-0.1, -0.05) is 58.4 Å². The molecule has 2 aliphatic rings. The minimum Gasteiger partial charge on any atom is -0.352 e. The second kappa shape index (κ2) is 7.30. The average Bonchev–Trinajstić information content (AvgIpc) is 3.65. The molecule has 0 bridgehead atoms. The van der Waals surface area contributed by atoms with Crippen molar-refractivity contribution in [3.05, 3.63) is 65.7 Å². The molecule has 29 heavy (non-hydrogen) atoms. The van der Waals surface area contributed by atoms with Crippen molar-refractivity contribution in [2.24, 2.45) is 5.41 Å². The van der Waals surface area contributed by atoms with Gasteiger partial charge < -0.3 is 5.73 Å². The van der Waals surface area contributed by atoms with Gasteiger partial charge in [0.25, 0.3) is 0 Å². The summed E-state index contributed by atoms with van der Waals surface area (Å²) in [5.74, 6) is 0.329. The first kappa shape index (κ1) is 20.7. The number of ketones is 1. The van der Waals surface area contributed by atoms with Crippen LogP contribution in [0.2, 0.25) is 0 Å². The molecular formula is C22H26BrN2O3S+. The highest BCUT2D eigenvalue weighted by Crippen LogP contribution is 2.68. The summed E-state index contributed by atoms with van der Waals surface area (Å²) in [6.07, 6.45) is 3.03. The van der Waals surface area contributed by atoms with Gasteiger partial charge in [-0.3, -0.25) is 4.79 Å². The van der Waals surface area contributed by atoms with Crippen LogP contribution in [0.5, 0.6) is 0 Å². The summed E-state index contributed by atoms with van der Waals surface area (Å²) in [4.78, 5) is 12.0. The zero-order valence-corrected chi connectivity index (χ0v) is 18.9. The van der Waals surface area contributed by atoms with E-state index in [2.05, 4.69) is 33.8 Å². The zero-order valence-electron chi connectivity index (χ0n) is 16.5. The third kappa shape index (κ3) is 3.58. The van der Waals surface area contributed by atoms with E-state index in [-0.39, 0.29) is 27.0 Å². The Bertz CT molecular complexity index is 1020. The number of hydrogen-bond donors (Lipinski definition) is 1. The standard InChI is InChI=1S/C22H25BrN2O3S/c1-25(29(27,28)18-9-7-17(8-10-18)20(26)14-23)15-21(11-12-21)22(24)13-19(22)16-5-3-2-4-6-16/h2-10,19H,11-15,24H2,1H3/p+1/t19-,22+/m0/s1. The summed E-state index contributed by atoms with van der Waals surface area (Å²) in [6.45, 7) is 0.476. The molecule has 0 amide bonds. The number of halogens is 1. The van der Waals surface area contributed by atoms with Crippen molar-refractivity contribution in [1.29, 1.82) is 0 Å². The number of benzene rings is 2. The van der Waals surface area contributed by atoms with Gasteiger partial charge in [0.05, 0.1) is 10.2 Å². The maximum absolute atomic E-state index is 13.1. The highest BCUT2D eigenvalue weighted by molar-refractivity contribution is 9.09. The number of quaternary nitrogens is 1. The van der Waals surface area contributed by atoms with Crippen molar-refractivity contribution in [2.45, 2.75) is 35.6 Å². The van der Waals surface area contributed by atoms with Crippen LogP contribution in [0.15, 0.2) is 59.5 Å². The minimum absolute atomic E-state index is 0.0544. The van der Waals surface area contributed by atoms with E-state index in [0.29, 0.717) is 18.0 Å². The fraction of sp³-hybridized carbons (Fsp3) is 0.409. The quantitative estimate of drug-likeness (QED) is 0.468. The van der Waals surface area contributed by atoms with Crippen LogP contribution in [0.4, 0.5) is 0 Å². The Balaban J connectivity index is 1.50. The van der Waals surface area contributed by atoms with E-state index < -0.39 is 10.0 Å². The molecule has 0 aromatic heterocycles. The van der Waals surface area contributed by atoms with E-state index in [9.17, 15) is 13.2 Å². The van der Waals surface area contributed by atoms with Gasteiger partial charge in [-0.25, -0.2) is 12.7 Å². The Morgan fingerprint density at radius 3 is 2.31 bits per heavy atom. The molecule has 2 aliphatic carbocycles. The maximum atomic E-state index is 13.1. The number of Topliss-reactive ketones (excluding diaryl/α,β-unsaturated/α-hetero) is 1. The summed E-state index contributed by atoms with van der Waals surface area (Å²) in [6, 6.07) is 16.6. The predicted octanol–water partition coefficient (Wildman–Crippen LogP) is 2.83. The molecule has 4 rings (SSSR count). The van der Waals surface area contributed by atoms with Gasteiger partial charge in [0, 0.05) is 36.9 Å². The Kier molecular flexibility index (Phi) is 5.22. The molecule has 2 atom stereocenters. The van der Waals surface area contributed by atoms with Crippen LogP contribution in [-0.2, 0) is 10.0 Å². The first-order valence-electron chi connectivity index (χ1n) is 9.79. The molecular weight excluding hydrogens is 452 g/mol. The second-order valence-electron chi connectivity index (χ2n) is 8.45. The Morgan fingerprint density at radius 1 is 1.14 bits per heavy atom. The van der Waals surface area contributed by atoms with Gasteiger partial charge in [0.2, 0.25) is 10.0 Å². The molecule has 0 heterocycles. The number of carbonyl (C=O) groups excluding carboxylic acids is 1. The van der Waals surface area contributed by atoms with Gasteiger partial charge >= 0.3 is 0 Å². The van der Waals surface area contributed by atoms with E-state index in [0.717, 1.165) is 19.3 Å². The lowest BCUT2D eigenvalue weighted by atomic mass is 9.90. The highest BCUT2D eigenvalue weighted by atomic mass is 79.9. The molecule has 2 saturated carbocycles. The topological polar surface area (TPSA) is 82.1 Å². The third-order valence-electron chi connectivity index (χ3n) is 6.72. The number of carbonyl (C=O) groups is 1. The van der Waals surface area contributed by atoms with Crippen LogP contribution in [0.1, 0.15) is 41.1 Å². The molecule has 0 saturated heterocycles. The van der Waals surface area contributed by atoms with Gasteiger partial charge in [-0.15, -0.1) is 0 Å². The molecule has 2 fully saturated rings. The Morgan fingerprint density at radius 2 is 1.76 bits per heavy atom. The lowest BCUT2D eigenvalue weighted by Gasteiger charge is -2.27. The molecule has 3 N–H and O–H groups in total. The van der Waals surface area contributed by atoms with Crippen molar-refractivity contribution in [3.63, 3.8) is 0 Å². The van der Waals surface area contributed by atoms with Crippen LogP contribution in [0.25, 0.3) is 0 Å². The SMILES string of the molecule is CN(CC1([C@@]2([NH3+])C[C@H]2c2ccccc2)CC1)S(=O)(=O)c1ccc(C(=O)CBr)cc1. The fourth-order valence-electron chi connectivity index (χ4n) is 4.56. The molecule has 2 aromatic carbocycles. The van der Waals surface area contributed by atoms with Crippen molar-refractivity contribution >= 4 is 31.7 Å². The molecule has 0 aliphatic heterocycles. The fourth-order valence-corrected chi connectivity index (χ4v) is 6.14. The molecule has 7 heteroatoms. The molecule has 154 valence electrons. The molecule has 0 unspecified atom stereocenters. The molecule has 0 spiro atoms. The van der Waals surface area contributed by atoms with Crippen LogP contribution < -0.4 is 5.73 Å². The third-order valence-corrected chi connectivity index (χ3v) is 9.05. The summed E-state index contributed by atoms with van der Waals surface area (Å²) in [5, 5.41) is 0.218. The van der Waals surface area contributed by atoms with Crippen molar-refractivity contribution in [1.82, 2.24) is 4.31 Å². The van der Waals surface area contributed by atoms with Crippen LogP contribution in [-0.4, -0.2) is 43.0 Å². The number of sulfonamides is 1. The normalized spacial score (nSPS) is 25.0. The summed E-state index contributed by atoms with van der Waals surface area (Å²) >= 11 is 3.14. The Labute approximate surface area is 180 Å². The molecule has 0 radical (unpaired) electrons. The molecule has 2 aromatic rings. The zero-order chi connectivity index (χ0) is 20.9. The lowest BCUT2D eigenvalue weighted by molar-refractivity contribution is -0.459. The predicted molar refractivity (Wildman–Crippen MR) is 115 cm³/mol. The minimum atomic E-state index is -3.61. The highest BCUT2D eigenvalue weighted by Gasteiger charge is 2.73. The van der Waals surface area contributed by atoms with E-state index in [1.54, 1.807) is 19.2 Å². The van der Waals surface area contributed by atoms with E-state index in [4.69, 9.17) is 0 Å². The maximum Gasteiger partial charge on any atom is 0.242 e. The van der Waals surface area contributed by atoms with Crippen LogP contribution >= 0.6 is 15.9 Å². The number of nitrogens with zero attached hydrogens (tertiary/aromatic N) is 1. The van der Waals surface area contributed by atoms with Gasteiger partial charge in [0.1, 0.15) is 5.54 Å². The number of alkyl halides is 1.